The summed E-state index contributed by atoms with van der Waals surface area (Å²) in [6.45, 7) is 2.12. The quantitative estimate of drug-likeness (QED) is 0.782. The molecule has 0 spiro atoms. The number of nitrogen functional groups attached to an aromatic ring is 1. The Bertz CT molecular complexity index is 348. The van der Waals surface area contributed by atoms with Gasteiger partial charge >= 0.3 is 0 Å². The van der Waals surface area contributed by atoms with Gasteiger partial charge in [-0.1, -0.05) is 18.5 Å². The maximum atomic E-state index is 5.74. The molecule has 2 fully saturated rings. The Hall–Kier alpha value is -0.990. The van der Waals surface area contributed by atoms with Crippen molar-refractivity contribution in [2.45, 2.75) is 38.5 Å². The molecule has 2 unspecified atom stereocenters. The number of nitrogens with two attached hydrogens (primary N) is 1. The van der Waals surface area contributed by atoms with Crippen LogP contribution in [0.4, 0.5) is 5.88 Å². The summed E-state index contributed by atoms with van der Waals surface area (Å²) < 4.78 is 5.08. The number of anilines is 1. The molecule has 0 radical (unpaired) electrons. The van der Waals surface area contributed by atoms with Crippen molar-refractivity contribution in [3.05, 3.63) is 11.3 Å². The molecule has 0 aliphatic heterocycles. The molecule has 2 atom stereocenters. The predicted molar refractivity (Wildman–Crippen MR) is 53.9 cm³/mol. The van der Waals surface area contributed by atoms with Gasteiger partial charge in [-0.25, -0.2) is 0 Å². The van der Waals surface area contributed by atoms with Crippen molar-refractivity contribution in [2.24, 2.45) is 11.8 Å². The molecule has 3 heteroatoms. The average Bonchev–Trinajstić information content (AvgIpc) is 2.61. The lowest BCUT2D eigenvalue weighted by molar-refractivity contribution is 0.424. The second kappa shape index (κ2) is 2.75. The van der Waals surface area contributed by atoms with E-state index in [1.54, 1.807) is 0 Å². The molecule has 3 rings (SSSR count). The van der Waals surface area contributed by atoms with Gasteiger partial charge in [0.25, 0.3) is 0 Å². The van der Waals surface area contributed by atoms with E-state index in [-0.39, 0.29) is 0 Å². The minimum Gasteiger partial charge on any atom is -0.367 e. The molecule has 2 aliphatic carbocycles. The fourth-order valence-corrected chi connectivity index (χ4v) is 3.18. The minimum absolute atomic E-state index is 0.535. The van der Waals surface area contributed by atoms with Crippen LogP contribution in [0.15, 0.2) is 4.52 Å². The van der Waals surface area contributed by atoms with Crippen molar-refractivity contribution in [2.75, 3.05) is 5.73 Å². The number of hydrogen-bond acceptors (Lipinski definition) is 3. The smallest absolute Gasteiger partial charge is 0.225 e. The second-order valence-electron chi connectivity index (χ2n) is 4.55. The van der Waals surface area contributed by atoms with Gasteiger partial charge in [-0.05, 0) is 31.1 Å². The van der Waals surface area contributed by atoms with Crippen LogP contribution in [0.3, 0.4) is 0 Å². The summed E-state index contributed by atoms with van der Waals surface area (Å²) in [5, 5.41) is 4.13. The van der Waals surface area contributed by atoms with E-state index in [1.165, 1.54) is 25.0 Å². The molecular formula is C11H16N2O. The van der Waals surface area contributed by atoms with Crippen LogP contribution in [0.5, 0.6) is 0 Å². The molecule has 0 aromatic carbocycles. The Kier molecular flexibility index (Phi) is 1.64. The third-order valence-corrected chi connectivity index (χ3v) is 3.92. The van der Waals surface area contributed by atoms with Gasteiger partial charge in [0.15, 0.2) is 0 Å². The molecule has 0 saturated heterocycles. The van der Waals surface area contributed by atoms with Crippen molar-refractivity contribution in [3.8, 4) is 0 Å². The highest BCUT2D eigenvalue weighted by Crippen LogP contribution is 2.63. The van der Waals surface area contributed by atoms with Crippen LogP contribution in [0.25, 0.3) is 0 Å². The highest BCUT2D eigenvalue weighted by atomic mass is 16.5. The summed E-state index contributed by atoms with van der Waals surface area (Å²) in [5.41, 5.74) is 8.06. The van der Waals surface area contributed by atoms with Crippen molar-refractivity contribution >= 4 is 5.88 Å². The highest BCUT2D eigenvalue weighted by Gasteiger charge is 2.55. The zero-order valence-electron chi connectivity index (χ0n) is 8.49. The zero-order chi connectivity index (χ0) is 9.71. The summed E-state index contributed by atoms with van der Waals surface area (Å²) in [6, 6.07) is 0. The van der Waals surface area contributed by atoms with Crippen molar-refractivity contribution < 1.29 is 4.52 Å². The Labute approximate surface area is 83.6 Å². The van der Waals surface area contributed by atoms with Gasteiger partial charge in [0.1, 0.15) is 0 Å². The Morgan fingerprint density at radius 2 is 2.14 bits per heavy atom. The van der Waals surface area contributed by atoms with Gasteiger partial charge < -0.3 is 10.3 Å². The first-order chi connectivity index (χ1) is 6.83. The van der Waals surface area contributed by atoms with Crippen LogP contribution in [-0.2, 0) is 6.42 Å². The number of nitrogens with zero attached hydrogens (tertiary/aromatic N) is 1. The lowest BCUT2D eigenvalue weighted by atomic mass is 10.0. The van der Waals surface area contributed by atoms with E-state index in [2.05, 4.69) is 12.1 Å². The number of fused-ring (bicyclic) bond motifs is 1. The third-order valence-electron chi connectivity index (χ3n) is 3.92. The highest BCUT2D eigenvalue weighted by molar-refractivity contribution is 5.43. The Morgan fingerprint density at radius 3 is 2.79 bits per heavy atom. The fraction of sp³-hybridized carbons (Fsp3) is 0.727. The molecule has 2 aliphatic rings. The topological polar surface area (TPSA) is 52.0 Å². The Balaban J connectivity index is 1.90. The van der Waals surface area contributed by atoms with Gasteiger partial charge in [0.2, 0.25) is 5.88 Å². The largest absolute Gasteiger partial charge is 0.367 e. The second-order valence-corrected chi connectivity index (χ2v) is 4.55. The van der Waals surface area contributed by atoms with Crippen LogP contribution in [0.1, 0.15) is 43.4 Å². The lowest BCUT2D eigenvalue weighted by Gasteiger charge is -2.00. The maximum absolute atomic E-state index is 5.74. The molecule has 1 heterocycles. The van der Waals surface area contributed by atoms with Crippen molar-refractivity contribution in [1.82, 2.24) is 5.16 Å². The first-order valence-electron chi connectivity index (χ1n) is 5.56. The molecule has 3 nitrogen and oxygen atoms in total. The summed E-state index contributed by atoms with van der Waals surface area (Å²) >= 11 is 0. The molecular weight excluding hydrogens is 176 g/mol. The van der Waals surface area contributed by atoms with E-state index < -0.39 is 0 Å². The Morgan fingerprint density at radius 1 is 1.43 bits per heavy atom. The monoisotopic (exact) mass is 192 g/mol. The number of aromatic nitrogens is 1. The fourth-order valence-electron chi connectivity index (χ4n) is 3.18. The van der Waals surface area contributed by atoms with Crippen LogP contribution in [0.2, 0.25) is 0 Å². The van der Waals surface area contributed by atoms with E-state index in [9.17, 15) is 0 Å². The summed E-state index contributed by atoms with van der Waals surface area (Å²) in [5.74, 6) is 3.00. The molecule has 2 N–H and O–H groups in total. The van der Waals surface area contributed by atoms with Gasteiger partial charge in [-0.15, -0.1) is 0 Å². The SMILES string of the molecule is CCc1c(C2C3CCCC32)noc1N. The van der Waals surface area contributed by atoms with E-state index in [0.29, 0.717) is 11.8 Å². The number of hydrogen-bond donors (Lipinski definition) is 1. The molecule has 2 saturated carbocycles. The van der Waals surface area contributed by atoms with Gasteiger partial charge in [0.05, 0.1) is 5.69 Å². The van der Waals surface area contributed by atoms with Crippen LogP contribution in [-0.4, -0.2) is 5.16 Å². The zero-order valence-corrected chi connectivity index (χ0v) is 8.49. The summed E-state index contributed by atoms with van der Waals surface area (Å²) in [4.78, 5) is 0. The first kappa shape index (κ1) is 8.33. The van der Waals surface area contributed by atoms with Crippen molar-refractivity contribution in [3.63, 3.8) is 0 Å². The van der Waals surface area contributed by atoms with Gasteiger partial charge in [-0.3, -0.25) is 0 Å². The van der Waals surface area contributed by atoms with Crippen molar-refractivity contribution in [1.29, 1.82) is 0 Å². The molecule has 1 aromatic rings. The molecule has 14 heavy (non-hydrogen) atoms. The predicted octanol–water partition coefficient (Wildman–Crippen LogP) is 2.33. The van der Waals surface area contributed by atoms with Gasteiger partial charge in [0, 0.05) is 11.5 Å². The summed E-state index contributed by atoms with van der Waals surface area (Å²) in [6.07, 6.45) is 5.11. The van der Waals surface area contributed by atoms with Crippen LogP contribution >= 0.6 is 0 Å². The van der Waals surface area contributed by atoms with E-state index >= 15 is 0 Å². The van der Waals surface area contributed by atoms with E-state index in [0.717, 1.165) is 23.8 Å². The normalized spacial score (nSPS) is 34.5. The van der Waals surface area contributed by atoms with Crippen LogP contribution < -0.4 is 5.73 Å². The molecule has 0 bridgehead atoms. The van der Waals surface area contributed by atoms with Crippen LogP contribution in [0, 0.1) is 11.8 Å². The maximum Gasteiger partial charge on any atom is 0.225 e. The average molecular weight is 192 g/mol. The number of rotatable bonds is 2. The van der Waals surface area contributed by atoms with Gasteiger partial charge in [-0.2, -0.15) is 0 Å². The third kappa shape index (κ3) is 0.954. The summed E-state index contributed by atoms with van der Waals surface area (Å²) in [7, 11) is 0. The van der Waals surface area contributed by atoms with E-state index in [4.69, 9.17) is 10.3 Å². The van der Waals surface area contributed by atoms with E-state index in [1.807, 2.05) is 0 Å². The lowest BCUT2D eigenvalue weighted by Crippen LogP contribution is -1.95. The first-order valence-corrected chi connectivity index (χ1v) is 5.56. The molecule has 1 aromatic heterocycles. The molecule has 0 amide bonds. The molecule has 76 valence electrons. The minimum atomic E-state index is 0.535. The standard InChI is InChI=1S/C11H16N2O/c1-2-6-10(13-14-11(6)12)9-7-4-3-5-8(7)9/h7-9H,2-5,12H2,1H3.